The standard InChI is InChI=1S/C22H20ClN3O2S/c1-2-25-18-5-3-4-6-19(18)26(22(25)28)13-20(27)24-21(16-11-12-29-14-16)15-7-9-17(23)10-8-15/h3-12,14,21H,2,13H2,1H3,(H,24,27). The Hall–Kier alpha value is -2.83. The van der Waals surface area contributed by atoms with Crippen LogP contribution < -0.4 is 11.0 Å². The largest absolute Gasteiger partial charge is 0.344 e. The van der Waals surface area contributed by atoms with Gasteiger partial charge in [-0.3, -0.25) is 13.9 Å². The van der Waals surface area contributed by atoms with Crippen molar-refractivity contribution in [1.29, 1.82) is 0 Å². The second-order valence-electron chi connectivity index (χ2n) is 6.71. The molecule has 1 amide bonds. The van der Waals surface area contributed by atoms with E-state index in [-0.39, 0.29) is 24.2 Å². The monoisotopic (exact) mass is 425 g/mol. The van der Waals surface area contributed by atoms with Crippen molar-refractivity contribution in [3.63, 3.8) is 0 Å². The lowest BCUT2D eigenvalue weighted by Crippen LogP contribution is -2.35. The lowest BCUT2D eigenvalue weighted by atomic mass is 10.0. The van der Waals surface area contributed by atoms with Gasteiger partial charge in [0.25, 0.3) is 0 Å². The van der Waals surface area contributed by atoms with Crippen LogP contribution in [0.3, 0.4) is 0 Å². The van der Waals surface area contributed by atoms with E-state index < -0.39 is 0 Å². The maximum atomic E-state index is 12.9. The van der Waals surface area contributed by atoms with Gasteiger partial charge in [0.1, 0.15) is 6.54 Å². The smallest absolute Gasteiger partial charge is 0.329 e. The summed E-state index contributed by atoms with van der Waals surface area (Å²) in [6.07, 6.45) is 0. The molecule has 0 saturated heterocycles. The summed E-state index contributed by atoms with van der Waals surface area (Å²) in [6.45, 7) is 2.43. The van der Waals surface area contributed by atoms with Crippen LogP contribution in [0.1, 0.15) is 24.1 Å². The van der Waals surface area contributed by atoms with Crippen LogP contribution in [-0.4, -0.2) is 15.0 Å². The van der Waals surface area contributed by atoms with Gasteiger partial charge in [0, 0.05) is 11.6 Å². The van der Waals surface area contributed by atoms with Crippen molar-refractivity contribution in [1.82, 2.24) is 14.5 Å². The number of hydrogen-bond acceptors (Lipinski definition) is 3. The number of aryl methyl sites for hydroxylation is 1. The lowest BCUT2D eigenvalue weighted by molar-refractivity contribution is -0.122. The van der Waals surface area contributed by atoms with Gasteiger partial charge in [-0.2, -0.15) is 11.3 Å². The summed E-state index contributed by atoms with van der Waals surface area (Å²) < 4.78 is 3.21. The number of para-hydroxylation sites is 2. The summed E-state index contributed by atoms with van der Waals surface area (Å²) >= 11 is 7.59. The molecule has 0 aliphatic rings. The van der Waals surface area contributed by atoms with Gasteiger partial charge in [0.05, 0.1) is 17.1 Å². The quantitative estimate of drug-likeness (QED) is 0.496. The van der Waals surface area contributed by atoms with E-state index in [9.17, 15) is 9.59 Å². The Balaban J connectivity index is 1.64. The number of carbonyl (C=O) groups excluding carboxylic acids is 1. The zero-order chi connectivity index (χ0) is 20.4. The third kappa shape index (κ3) is 3.86. The normalized spacial score (nSPS) is 12.2. The Kier molecular flexibility index (Phi) is 5.56. The summed E-state index contributed by atoms with van der Waals surface area (Å²) in [7, 11) is 0. The molecule has 1 atom stereocenters. The van der Waals surface area contributed by atoms with Gasteiger partial charge in [-0.15, -0.1) is 0 Å². The van der Waals surface area contributed by atoms with Crippen molar-refractivity contribution in [3.8, 4) is 0 Å². The Morgan fingerprint density at radius 1 is 1.03 bits per heavy atom. The van der Waals surface area contributed by atoms with E-state index in [1.54, 1.807) is 15.9 Å². The van der Waals surface area contributed by atoms with Gasteiger partial charge in [0.2, 0.25) is 5.91 Å². The highest BCUT2D eigenvalue weighted by Gasteiger charge is 2.20. The molecule has 0 saturated carbocycles. The van der Waals surface area contributed by atoms with E-state index in [0.29, 0.717) is 11.6 Å². The fourth-order valence-corrected chi connectivity index (χ4v) is 4.35. The van der Waals surface area contributed by atoms with E-state index in [1.165, 1.54) is 4.57 Å². The van der Waals surface area contributed by atoms with Gasteiger partial charge >= 0.3 is 5.69 Å². The van der Waals surface area contributed by atoms with Crippen LogP contribution in [0.2, 0.25) is 5.02 Å². The van der Waals surface area contributed by atoms with Gasteiger partial charge in [-0.1, -0.05) is 35.9 Å². The second kappa shape index (κ2) is 8.27. The molecule has 2 heterocycles. The van der Waals surface area contributed by atoms with E-state index in [2.05, 4.69) is 5.32 Å². The van der Waals surface area contributed by atoms with Crippen LogP contribution in [0.5, 0.6) is 0 Å². The average molecular weight is 426 g/mol. The minimum Gasteiger partial charge on any atom is -0.344 e. The molecule has 2 aromatic carbocycles. The van der Waals surface area contributed by atoms with Crippen LogP contribution >= 0.6 is 22.9 Å². The maximum Gasteiger partial charge on any atom is 0.329 e. The number of nitrogens with one attached hydrogen (secondary N) is 1. The highest BCUT2D eigenvalue weighted by molar-refractivity contribution is 7.08. The molecule has 7 heteroatoms. The van der Waals surface area contributed by atoms with Crippen molar-refractivity contribution in [3.05, 3.63) is 92.0 Å². The number of aromatic nitrogens is 2. The van der Waals surface area contributed by atoms with Gasteiger partial charge in [-0.25, -0.2) is 4.79 Å². The SMILES string of the molecule is CCn1c(=O)n(CC(=O)NC(c2ccc(Cl)cc2)c2ccsc2)c2ccccc21. The molecule has 29 heavy (non-hydrogen) atoms. The second-order valence-corrected chi connectivity index (χ2v) is 7.93. The summed E-state index contributed by atoms with van der Waals surface area (Å²) in [4.78, 5) is 25.8. The number of benzene rings is 2. The Morgan fingerprint density at radius 2 is 1.72 bits per heavy atom. The van der Waals surface area contributed by atoms with Crippen LogP contribution in [0, 0.1) is 0 Å². The van der Waals surface area contributed by atoms with Crippen LogP contribution in [-0.2, 0) is 17.9 Å². The minimum absolute atomic E-state index is 0.0411. The number of thiophene rings is 1. The topological polar surface area (TPSA) is 56.0 Å². The predicted molar refractivity (Wildman–Crippen MR) is 118 cm³/mol. The maximum absolute atomic E-state index is 12.9. The number of halogens is 1. The van der Waals surface area contributed by atoms with Crippen molar-refractivity contribution in [2.75, 3.05) is 0 Å². The van der Waals surface area contributed by atoms with Gasteiger partial charge in [-0.05, 0) is 59.1 Å². The summed E-state index contributed by atoms with van der Waals surface area (Å²) in [5, 5.41) is 7.70. The lowest BCUT2D eigenvalue weighted by Gasteiger charge is -2.19. The first kappa shape index (κ1) is 19.5. The van der Waals surface area contributed by atoms with E-state index in [0.717, 1.165) is 22.2 Å². The van der Waals surface area contributed by atoms with E-state index in [1.807, 2.05) is 72.3 Å². The van der Waals surface area contributed by atoms with E-state index >= 15 is 0 Å². The number of rotatable bonds is 6. The molecular weight excluding hydrogens is 406 g/mol. The fraction of sp³-hybridized carbons (Fsp3) is 0.182. The Labute approximate surface area is 177 Å². The van der Waals surface area contributed by atoms with Crippen molar-refractivity contribution in [2.24, 2.45) is 0 Å². The fourth-order valence-electron chi connectivity index (χ4n) is 3.53. The number of nitrogens with zero attached hydrogens (tertiary/aromatic N) is 2. The number of fused-ring (bicyclic) bond motifs is 1. The molecule has 0 aliphatic heterocycles. The molecule has 4 aromatic rings. The number of carbonyl (C=O) groups is 1. The summed E-state index contributed by atoms with van der Waals surface area (Å²) in [6, 6.07) is 16.6. The number of hydrogen-bond donors (Lipinski definition) is 1. The predicted octanol–water partition coefficient (Wildman–Crippen LogP) is 4.44. The molecule has 2 aromatic heterocycles. The molecule has 5 nitrogen and oxygen atoms in total. The third-order valence-electron chi connectivity index (χ3n) is 4.93. The molecule has 0 fully saturated rings. The average Bonchev–Trinajstić information content (AvgIpc) is 3.34. The Bertz CT molecular complexity index is 1190. The summed E-state index contributed by atoms with van der Waals surface area (Å²) in [5.41, 5.74) is 3.34. The zero-order valence-electron chi connectivity index (χ0n) is 15.8. The third-order valence-corrected chi connectivity index (χ3v) is 5.88. The highest BCUT2D eigenvalue weighted by atomic mass is 35.5. The minimum atomic E-state index is -0.304. The van der Waals surface area contributed by atoms with Gasteiger partial charge in [0.15, 0.2) is 0 Å². The van der Waals surface area contributed by atoms with Gasteiger partial charge < -0.3 is 5.32 Å². The molecule has 1 unspecified atom stereocenters. The first-order valence-electron chi connectivity index (χ1n) is 9.33. The molecule has 148 valence electrons. The first-order chi connectivity index (χ1) is 14.1. The van der Waals surface area contributed by atoms with E-state index in [4.69, 9.17) is 11.6 Å². The molecule has 4 rings (SSSR count). The van der Waals surface area contributed by atoms with Crippen LogP contribution in [0.15, 0.2) is 70.2 Å². The molecule has 0 bridgehead atoms. The molecule has 0 spiro atoms. The number of amides is 1. The van der Waals surface area contributed by atoms with Crippen molar-refractivity contribution in [2.45, 2.75) is 26.1 Å². The molecule has 0 radical (unpaired) electrons. The van der Waals surface area contributed by atoms with Crippen molar-refractivity contribution < 1.29 is 4.79 Å². The summed E-state index contributed by atoms with van der Waals surface area (Å²) in [5.74, 6) is -0.225. The highest BCUT2D eigenvalue weighted by Crippen LogP contribution is 2.25. The zero-order valence-corrected chi connectivity index (χ0v) is 17.4. The Morgan fingerprint density at radius 3 is 2.34 bits per heavy atom. The molecular formula is C22H20ClN3O2S. The van der Waals surface area contributed by atoms with Crippen molar-refractivity contribution >= 4 is 39.9 Å². The van der Waals surface area contributed by atoms with Crippen LogP contribution in [0.25, 0.3) is 11.0 Å². The number of imidazole rings is 1. The first-order valence-corrected chi connectivity index (χ1v) is 10.7. The molecule has 1 N–H and O–H groups in total. The molecule has 0 aliphatic carbocycles. The van der Waals surface area contributed by atoms with Crippen LogP contribution in [0.4, 0.5) is 0 Å².